The molecule has 5 heteroatoms. The van der Waals surface area contributed by atoms with Crippen molar-refractivity contribution in [1.82, 2.24) is 0 Å². The van der Waals surface area contributed by atoms with Crippen molar-refractivity contribution in [3.8, 4) is 0 Å². The van der Waals surface area contributed by atoms with Gasteiger partial charge in [0.1, 0.15) is 0 Å². The smallest absolute Gasteiger partial charge is 0.307 e. The largest absolute Gasteiger partial charge is 0.481 e. The maximum atomic E-state index is 12.4. The van der Waals surface area contributed by atoms with Crippen LogP contribution in [0.4, 0.5) is 5.69 Å². The molecule has 1 saturated carbocycles. The molecule has 21 heavy (non-hydrogen) atoms. The normalized spacial score (nSPS) is 24.8. The Morgan fingerprint density at radius 1 is 1.33 bits per heavy atom. The Morgan fingerprint density at radius 2 is 2.00 bits per heavy atom. The van der Waals surface area contributed by atoms with Gasteiger partial charge in [-0.25, -0.2) is 0 Å². The number of hydrogen-bond acceptors (Lipinski definition) is 2. The molecule has 114 valence electrons. The summed E-state index contributed by atoms with van der Waals surface area (Å²) in [7, 11) is 0. The minimum Gasteiger partial charge on any atom is -0.481 e. The quantitative estimate of drug-likeness (QED) is 0.890. The second kappa shape index (κ2) is 6.48. The Balaban J connectivity index is 2.13. The first kappa shape index (κ1) is 15.8. The number of carboxylic acid groups (broad SMARTS) is 1. The van der Waals surface area contributed by atoms with Gasteiger partial charge in [-0.1, -0.05) is 31.0 Å². The van der Waals surface area contributed by atoms with Crippen LogP contribution in [-0.2, 0) is 9.59 Å². The van der Waals surface area contributed by atoms with Crippen molar-refractivity contribution in [2.75, 3.05) is 5.32 Å². The van der Waals surface area contributed by atoms with Gasteiger partial charge in [-0.15, -0.1) is 0 Å². The number of carbonyl (C=O) groups excluding carboxylic acids is 1. The minimum absolute atomic E-state index is 0.246. The molecule has 1 aromatic carbocycles. The van der Waals surface area contributed by atoms with Crippen LogP contribution < -0.4 is 5.32 Å². The van der Waals surface area contributed by atoms with E-state index in [1.165, 1.54) is 0 Å². The number of anilines is 1. The van der Waals surface area contributed by atoms with Gasteiger partial charge in [0, 0.05) is 0 Å². The fourth-order valence-corrected chi connectivity index (χ4v) is 3.27. The van der Waals surface area contributed by atoms with Crippen molar-refractivity contribution < 1.29 is 14.7 Å². The molecule has 1 fully saturated rings. The monoisotopic (exact) mass is 309 g/mol. The SMILES string of the molecule is CCC1CC(C(=O)O)C(C(=O)Nc2ccc(C)cc2Cl)C1. The maximum Gasteiger partial charge on any atom is 0.307 e. The van der Waals surface area contributed by atoms with E-state index in [1.807, 2.05) is 19.9 Å². The number of amides is 1. The molecule has 0 bridgehead atoms. The highest BCUT2D eigenvalue weighted by molar-refractivity contribution is 6.33. The molecule has 1 aliphatic rings. The van der Waals surface area contributed by atoms with Crippen molar-refractivity contribution in [1.29, 1.82) is 0 Å². The lowest BCUT2D eigenvalue weighted by atomic mass is 9.95. The van der Waals surface area contributed by atoms with E-state index in [9.17, 15) is 14.7 Å². The third-order valence-electron chi connectivity index (χ3n) is 4.27. The lowest BCUT2D eigenvalue weighted by molar-refractivity contribution is -0.145. The summed E-state index contributed by atoms with van der Waals surface area (Å²) in [5.74, 6) is -1.91. The van der Waals surface area contributed by atoms with Crippen LogP contribution in [0.5, 0.6) is 0 Å². The number of carboxylic acids is 1. The van der Waals surface area contributed by atoms with E-state index in [1.54, 1.807) is 12.1 Å². The Hall–Kier alpha value is -1.55. The number of rotatable bonds is 4. The van der Waals surface area contributed by atoms with E-state index in [4.69, 9.17) is 11.6 Å². The van der Waals surface area contributed by atoms with Gasteiger partial charge in [0.15, 0.2) is 0 Å². The van der Waals surface area contributed by atoms with Crippen molar-refractivity contribution >= 4 is 29.2 Å². The van der Waals surface area contributed by atoms with Crippen LogP contribution in [-0.4, -0.2) is 17.0 Å². The zero-order valence-electron chi connectivity index (χ0n) is 12.2. The van der Waals surface area contributed by atoms with Crippen LogP contribution in [0.25, 0.3) is 0 Å². The number of hydrogen-bond donors (Lipinski definition) is 2. The van der Waals surface area contributed by atoms with Gasteiger partial charge in [-0.3, -0.25) is 9.59 Å². The average molecular weight is 310 g/mol. The molecule has 1 aliphatic carbocycles. The zero-order chi connectivity index (χ0) is 15.6. The standard InChI is InChI=1S/C16H20ClNO3/c1-3-10-7-11(12(8-10)16(20)21)15(19)18-14-5-4-9(2)6-13(14)17/h4-6,10-12H,3,7-8H2,1-2H3,(H,18,19)(H,20,21). The van der Waals surface area contributed by atoms with Crippen molar-refractivity contribution in [2.45, 2.75) is 33.1 Å². The summed E-state index contributed by atoms with van der Waals surface area (Å²) in [5.41, 5.74) is 1.55. The first-order valence-electron chi connectivity index (χ1n) is 7.22. The number of halogens is 1. The number of benzene rings is 1. The second-order valence-electron chi connectivity index (χ2n) is 5.77. The molecule has 3 atom stereocenters. The second-order valence-corrected chi connectivity index (χ2v) is 6.18. The summed E-state index contributed by atoms with van der Waals surface area (Å²) in [6.45, 7) is 3.95. The van der Waals surface area contributed by atoms with Gasteiger partial charge < -0.3 is 10.4 Å². The van der Waals surface area contributed by atoms with Crippen molar-refractivity contribution in [3.63, 3.8) is 0 Å². The molecule has 0 aliphatic heterocycles. The summed E-state index contributed by atoms with van der Waals surface area (Å²) in [6.07, 6.45) is 2.10. The van der Waals surface area contributed by atoms with E-state index in [0.717, 1.165) is 12.0 Å². The molecule has 4 nitrogen and oxygen atoms in total. The van der Waals surface area contributed by atoms with E-state index in [2.05, 4.69) is 5.32 Å². The fourth-order valence-electron chi connectivity index (χ4n) is 2.99. The number of nitrogens with one attached hydrogen (secondary N) is 1. The molecule has 2 rings (SSSR count). The predicted molar refractivity (Wildman–Crippen MR) is 82.4 cm³/mol. The van der Waals surface area contributed by atoms with Crippen LogP contribution in [0.3, 0.4) is 0 Å². The summed E-state index contributed by atoms with van der Waals surface area (Å²) in [6, 6.07) is 5.38. The summed E-state index contributed by atoms with van der Waals surface area (Å²) < 4.78 is 0. The molecular formula is C16H20ClNO3. The third-order valence-corrected chi connectivity index (χ3v) is 4.59. The Labute approximate surface area is 129 Å². The van der Waals surface area contributed by atoms with Crippen molar-refractivity contribution in [2.24, 2.45) is 17.8 Å². The predicted octanol–water partition coefficient (Wildman–Crippen LogP) is 3.72. The van der Waals surface area contributed by atoms with E-state index >= 15 is 0 Å². The molecule has 0 spiro atoms. The molecular weight excluding hydrogens is 290 g/mol. The topological polar surface area (TPSA) is 66.4 Å². The lowest BCUT2D eigenvalue weighted by Gasteiger charge is -2.16. The van der Waals surface area contributed by atoms with Gasteiger partial charge in [0.05, 0.1) is 22.5 Å². The number of aryl methyl sites for hydroxylation is 1. The Kier molecular flexibility index (Phi) is 4.88. The number of aliphatic carboxylic acids is 1. The molecule has 0 aromatic heterocycles. The highest BCUT2D eigenvalue weighted by Gasteiger charge is 2.42. The van der Waals surface area contributed by atoms with Crippen LogP contribution in [0.1, 0.15) is 31.7 Å². The minimum atomic E-state index is -0.888. The number of carbonyl (C=O) groups is 2. The Morgan fingerprint density at radius 3 is 2.57 bits per heavy atom. The molecule has 1 amide bonds. The molecule has 3 unspecified atom stereocenters. The van der Waals surface area contributed by atoms with E-state index in [0.29, 0.717) is 29.5 Å². The van der Waals surface area contributed by atoms with Crippen LogP contribution in [0.15, 0.2) is 18.2 Å². The van der Waals surface area contributed by atoms with Gasteiger partial charge in [-0.05, 0) is 43.4 Å². The summed E-state index contributed by atoms with van der Waals surface area (Å²) >= 11 is 6.10. The molecule has 1 aromatic rings. The van der Waals surface area contributed by atoms with Crippen LogP contribution in [0, 0.1) is 24.7 Å². The van der Waals surface area contributed by atoms with Gasteiger partial charge >= 0.3 is 5.97 Å². The van der Waals surface area contributed by atoms with Gasteiger partial charge in [-0.2, -0.15) is 0 Å². The summed E-state index contributed by atoms with van der Waals surface area (Å²) in [5, 5.41) is 12.5. The van der Waals surface area contributed by atoms with E-state index in [-0.39, 0.29) is 5.91 Å². The maximum absolute atomic E-state index is 12.4. The lowest BCUT2D eigenvalue weighted by Crippen LogP contribution is -2.30. The van der Waals surface area contributed by atoms with Crippen LogP contribution in [0.2, 0.25) is 5.02 Å². The van der Waals surface area contributed by atoms with Crippen LogP contribution >= 0.6 is 11.6 Å². The Bertz CT molecular complexity index is 558. The molecule has 0 saturated heterocycles. The van der Waals surface area contributed by atoms with E-state index < -0.39 is 17.8 Å². The first-order valence-corrected chi connectivity index (χ1v) is 7.60. The first-order chi connectivity index (χ1) is 9.92. The molecule has 0 heterocycles. The highest BCUT2D eigenvalue weighted by Crippen LogP contribution is 2.39. The molecule has 2 N–H and O–H groups in total. The fraction of sp³-hybridized carbons (Fsp3) is 0.500. The highest BCUT2D eigenvalue weighted by atomic mass is 35.5. The van der Waals surface area contributed by atoms with Gasteiger partial charge in [0.2, 0.25) is 5.91 Å². The zero-order valence-corrected chi connectivity index (χ0v) is 13.0. The third kappa shape index (κ3) is 3.56. The summed E-state index contributed by atoms with van der Waals surface area (Å²) in [4.78, 5) is 23.7. The van der Waals surface area contributed by atoms with Gasteiger partial charge in [0.25, 0.3) is 0 Å². The van der Waals surface area contributed by atoms with Crippen molar-refractivity contribution in [3.05, 3.63) is 28.8 Å². The molecule has 0 radical (unpaired) electrons. The average Bonchev–Trinajstić information content (AvgIpc) is 2.86.